The van der Waals surface area contributed by atoms with Gasteiger partial charge in [-0.2, -0.15) is 0 Å². The molecule has 5 nitrogen and oxygen atoms in total. The normalized spacial score (nSPS) is 11.2. The zero-order valence-corrected chi connectivity index (χ0v) is 13.2. The van der Waals surface area contributed by atoms with Gasteiger partial charge in [0.1, 0.15) is 5.82 Å². The molecule has 116 valence electrons. The van der Waals surface area contributed by atoms with Crippen LogP contribution in [0.15, 0.2) is 23.2 Å². The van der Waals surface area contributed by atoms with E-state index in [4.69, 9.17) is 11.6 Å². The van der Waals surface area contributed by atoms with Gasteiger partial charge < -0.3 is 15.5 Å². The average Bonchev–Trinajstić information content (AvgIpc) is 2.45. The second kappa shape index (κ2) is 8.46. The number of rotatable bonds is 5. The Hall–Kier alpha value is -1.82. The van der Waals surface area contributed by atoms with Crippen LogP contribution in [-0.4, -0.2) is 44.0 Å². The summed E-state index contributed by atoms with van der Waals surface area (Å²) in [5.41, 5.74) is 0.789. The monoisotopic (exact) mass is 314 g/mol. The third-order valence-corrected chi connectivity index (χ3v) is 2.94. The molecule has 7 heteroatoms. The lowest BCUT2D eigenvalue weighted by atomic mass is 10.2. The second-order valence-corrected chi connectivity index (χ2v) is 4.99. The Morgan fingerprint density at radius 3 is 2.67 bits per heavy atom. The van der Waals surface area contributed by atoms with Gasteiger partial charge in [-0.05, 0) is 24.6 Å². The van der Waals surface area contributed by atoms with E-state index in [1.807, 2.05) is 6.92 Å². The summed E-state index contributed by atoms with van der Waals surface area (Å²) < 4.78 is 13.1. The Morgan fingerprint density at radius 2 is 2.10 bits per heavy atom. The fourth-order valence-electron chi connectivity index (χ4n) is 1.47. The number of likely N-dealkylation sites (N-methyl/N-ethyl adjacent to an activating group) is 1. The molecule has 0 heterocycles. The van der Waals surface area contributed by atoms with Crippen molar-refractivity contribution in [3.8, 4) is 0 Å². The molecule has 0 unspecified atom stereocenters. The second-order valence-electron chi connectivity index (χ2n) is 4.59. The number of benzene rings is 1. The smallest absolute Gasteiger partial charge is 0.241 e. The summed E-state index contributed by atoms with van der Waals surface area (Å²) in [4.78, 5) is 17.4. The molecule has 0 aromatic heterocycles. The van der Waals surface area contributed by atoms with Crippen molar-refractivity contribution in [3.63, 3.8) is 0 Å². The van der Waals surface area contributed by atoms with Crippen LogP contribution in [0.2, 0.25) is 5.02 Å². The molecule has 0 spiro atoms. The SMILES string of the molecule is CCNC(=NCc1ccc(F)c(Cl)c1)NCC(=O)N(C)C. The Morgan fingerprint density at radius 1 is 1.38 bits per heavy atom. The van der Waals surface area contributed by atoms with Gasteiger partial charge in [0.15, 0.2) is 5.96 Å². The number of halogens is 2. The van der Waals surface area contributed by atoms with Crippen molar-refractivity contribution in [2.75, 3.05) is 27.2 Å². The molecule has 1 aromatic carbocycles. The fourth-order valence-corrected chi connectivity index (χ4v) is 1.67. The Balaban J connectivity index is 2.66. The van der Waals surface area contributed by atoms with Gasteiger partial charge in [0.05, 0.1) is 18.1 Å². The van der Waals surface area contributed by atoms with Gasteiger partial charge in [-0.1, -0.05) is 17.7 Å². The van der Waals surface area contributed by atoms with E-state index >= 15 is 0 Å². The minimum atomic E-state index is -0.453. The van der Waals surface area contributed by atoms with Gasteiger partial charge in [0.25, 0.3) is 0 Å². The van der Waals surface area contributed by atoms with Crippen LogP contribution >= 0.6 is 11.6 Å². The van der Waals surface area contributed by atoms with Crippen LogP contribution < -0.4 is 10.6 Å². The first-order chi connectivity index (χ1) is 9.93. The predicted molar refractivity (Wildman–Crippen MR) is 82.9 cm³/mol. The third kappa shape index (κ3) is 5.99. The molecule has 0 radical (unpaired) electrons. The highest BCUT2D eigenvalue weighted by molar-refractivity contribution is 6.30. The van der Waals surface area contributed by atoms with Crippen LogP contribution in [0.1, 0.15) is 12.5 Å². The zero-order chi connectivity index (χ0) is 15.8. The number of carbonyl (C=O) groups is 1. The van der Waals surface area contributed by atoms with Gasteiger partial charge in [0, 0.05) is 20.6 Å². The molecule has 1 aromatic rings. The molecule has 0 aliphatic rings. The minimum absolute atomic E-state index is 0.0505. The summed E-state index contributed by atoms with van der Waals surface area (Å²) >= 11 is 5.72. The molecule has 0 aliphatic heterocycles. The van der Waals surface area contributed by atoms with Crippen LogP contribution in [0.25, 0.3) is 0 Å². The van der Waals surface area contributed by atoms with Crippen molar-refractivity contribution in [2.24, 2.45) is 4.99 Å². The quantitative estimate of drug-likeness (QED) is 0.641. The highest BCUT2D eigenvalue weighted by atomic mass is 35.5. The summed E-state index contributed by atoms with van der Waals surface area (Å²) in [6.45, 7) is 3.10. The molecule has 21 heavy (non-hydrogen) atoms. The largest absolute Gasteiger partial charge is 0.357 e. The van der Waals surface area contributed by atoms with Crippen molar-refractivity contribution in [1.29, 1.82) is 0 Å². The number of hydrogen-bond acceptors (Lipinski definition) is 2. The van der Waals surface area contributed by atoms with Gasteiger partial charge in [-0.3, -0.25) is 4.79 Å². The van der Waals surface area contributed by atoms with E-state index < -0.39 is 5.82 Å². The zero-order valence-electron chi connectivity index (χ0n) is 12.4. The van der Waals surface area contributed by atoms with E-state index in [-0.39, 0.29) is 17.5 Å². The molecule has 1 rings (SSSR count). The summed E-state index contributed by atoms with van der Waals surface area (Å²) in [5, 5.41) is 6.05. The van der Waals surface area contributed by atoms with Crippen molar-refractivity contribution in [2.45, 2.75) is 13.5 Å². The first-order valence-corrected chi connectivity index (χ1v) is 6.98. The van der Waals surface area contributed by atoms with E-state index in [9.17, 15) is 9.18 Å². The van der Waals surface area contributed by atoms with Crippen molar-refractivity contribution < 1.29 is 9.18 Å². The lowest BCUT2D eigenvalue weighted by molar-refractivity contribution is -0.127. The van der Waals surface area contributed by atoms with E-state index in [2.05, 4.69) is 15.6 Å². The third-order valence-electron chi connectivity index (χ3n) is 2.65. The minimum Gasteiger partial charge on any atom is -0.357 e. The summed E-state index contributed by atoms with van der Waals surface area (Å²) in [6.07, 6.45) is 0. The van der Waals surface area contributed by atoms with Crippen LogP contribution in [0, 0.1) is 5.82 Å². The Labute approximate surface area is 129 Å². The Bertz CT molecular complexity index is 520. The number of nitrogens with zero attached hydrogens (tertiary/aromatic N) is 2. The maximum absolute atomic E-state index is 13.1. The van der Waals surface area contributed by atoms with Crippen molar-refractivity contribution in [3.05, 3.63) is 34.6 Å². The van der Waals surface area contributed by atoms with Gasteiger partial charge >= 0.3 is 0 Å². The van der Waals surface area contributed by atoms with E-state index in [1.54, 1.807) is 20.2 Å². The Kier molecular flexibility index (Phi) is 6.94. The van der Waals surface area contributed by atoms with Crippen LogP contribution in [0.4, 0.5) is 4.39 Å². The number of carbonyl (C=O) groups excluding carboxylic acids is 1. The molecule has 0 saturated heterocycles. The first-order valence-electron chi connectivity index (χ1n) is 6.60. The van der Waals surface area contributed by atoms with E-state index in [0.29, 0.717) is 19.0 Å². The molecule has 0 bridgehead atoms. The first kappa shape index (κ1) is 17.2. The lowest BCUT2D eigenvalue weighted by Crippen LogP contribution is -2.42. The number of aliphatic imine (C=N–C) groups is 1. The number of hydrogen-bond donors (Lipinski definition) is 2. The molecule has 0 fully saturated rings. The van der Waals surface area contributed by atoms with Gasteiger partial charge in [-0.25, -0.2) is 9.38 Å². The number of nitrogens with one attached hydrogen (secondary N) is 2. The highest BCUT2D eigenvalue weighted by Crippen LogP contribution is 2.16. The lowest BCUT2D eigenvalue weighted by Gasteiger charge is -2.14. The van der Waals surface area contributed by atoms with Crippen LogP contribution in [0.3, 0.4) is 0 Å². The molecular formula is C14H20ClFN4O. The molecule has 2 N–H and O–H groups in total. The van der Waals surface area contributed by atoms with E-state index in [1.165, 1.54) is 17.0 Å². The maximum Gasteiger partial charge on any atom is 0.241 e. The number of guanidine groups is 1. The van der Waals surface area contributed by atoms with Gasteiger partial charge in [-0.15, -0.1) is 0 Å². The maximum atomic E-state index is 13.1. The fraction of sp³-hybridized carbons (Fsp3) is 0.429. The molecule has 1 amide bonds. The van der Waals surface area contributed by atoms with Crippen molar-refractivity contribution in [1.82, 2.24) is 15.5 Å². The summed E-state index contributed by atoms with van der Waals surface area (Å²) in [5.74, 6) is 0.0181. The standard InChI is InChI=1S/C14H20ClFN4O/c1-4-17-14(19-9-13(21)20(2)3)18-8-10-5-6-12(16)11(15)7-10/h5-7H,4,8-9H2,1-3H3,(H2,17,18,19). The molecule has 0 atom stereocenters. The van der Waals surface area contributed by atoms with E-state index in [0.717, 1.165) is 5.56 Å². The van der Waals surface area contributed by atoms with Gasteiger partial charge in [0.2, 0.25) is 5.91 Å². The van der Waals surface area contributed by atoms with Crippen LogP contribution in [0.5, 0.6) is 0 Å². The summed E-state index contributed by atoms with van der Waals surface area (Å²) in [6, 6.07) is 4.47. The summed E-state index contributed by atoms with van der Waals surface area (Å²) in [7, 11) is 3.38. The topological polar surface area (TPSA) is 56.7 Å². The molecule has 0 saturated carbocycles. The predicted octanol–water partition coefficient (Wildman–Crippen LogP) is 1.62. The van der Waals surface area contributed by atoms with Crippen LogP contribution in [-0.2, 0) is 11.3 Å². The average molecular weight is 315 g/mol. The number of amides is 1. The highest BCUT2D eigenvalue weighted by Gasteiger charge is 2.05. The molecule has 0 aliphatic carbocycles. The van der Waals surface area contributed by atoms with Crippen molar-refractivity contribution >= 4 is 23.5 Å². The molecular weight excluding hydrogens is 295 g/mol.